The Hall–Kier alpha value is -2.88. The zero-order chi connectivity index (χ0) is 22.2. The lowest BCUT2D eigenvalue weighted by atomic mass is 9.92. The largest absolute Gasteiger partial charge is 0.386 e. The van der Waals surface area contributed by atoms with E-state index in [0.29, 0.717) is 0 Å². The Kier molecular flexibility index (Phi) is 5.53. The third-order valence-corrected chi connectivity index (χ3v) is 7.76. The molecule has 6 rings (SSSR count). The van der Waals surface area contributed by atoms with Crippen LogP contribution in [0.1, 0.15) is 24.0 Å². The zero-order valence-corrected chi connectivity index (χ0v) is 19.1. The number of morpholine rings is 1. The zero-order valence-electron chi connectivity index (χ0n) is 18.3. The first-order valence-electron chi connectivity index (χ1n) is 11.5. The van der Waals surface area contributed by atoms with Crippen molar-refractivity contribution in [3.63, 3.8) is 0 Å². The van der Waals surface area contributed by atoms with Crippen LogP contribution in [0.2, 0.25) is 0 Å². The molecule has 4 heterocycles. The minimum atomic E-state index is -0.584. The van der Waals surface area contributed by atoms with E-state index < -0.39 is 6.10 Å². The fraction of sp³-hybridized carbons (Fsp3) is 0.417. The number of nitrogens with zero attached hydrogens (tertiary/aromatic N) is 6. The lowest BCUT2D eigenvalue weighted by Crippen LogP contribution is -2.38. The van der Waals surface area contributed by atoms with Gasteiger partial charge in [-0.25, -0.2) is 4.98 Å². The highest BCUT2D eigenvalue weighted by Crippen LogP contribution is 2.36. The van der Waals surface area contributed by atoms with Crippen LogP contribution in [0.4, 0.5) is 11.5 Å². The standard InChI is InChI=1S/C24H26N6O2S/c31-22(24-25-19-5-1-2-6-21(19)33-24)16-4-3-9-30(15-16)23-18-8-7-17(14-20(18)26-28-27-23)29-10-12-32-13-11-29/h1-2,5-8,14,16,22,31H,3-4,9-13,15H2/t16-,22+/m0/s1. The van der Waals surface area contributed by atoms with Crippen molar-refractivity contribution in [2.24, 2.45) is 5.92 Å². The van der Waals surface area contributed by atoms with Crippen LogP contribution in [0.25, 0.3) is 21.1 Å². The van der Waals surface area contributed by atoms with Gasteiger partial charge in [-0.1, -0.05) is 12.1 Å². The Bertz CT molecular complexity index is 1240. The molecule has 8 nitrogen and oxygen atoms in total. The van der Waals surface area contributed by atoms with Crippen molar-refractivity contribution in [1.82, 2.24) is 20.4 Å². The van der Waals surface area contributed by atoms with E-state index in [4.69, 9.17) is 4.74 Å². The number of ether oxygens (including phenoxy) is 1. The van der Waals surface area contributed by atoms with Gasteiger partial charge >= 0.3 is 0 Å². The monoisotopic (exact) mass is 462 g/mol. The second-order valence-corrected chi connectivity index (χ2v) is 9.79. The Morgan fingerprint density at radius 2 is 1.88 bits per heavy atom. The summed E-state index contributed by atoms with van der Waals surface area (Å²) in [4.78, 5) is 9.25. The molecule has 9 heteroatoms. The van der Waals surface area contributed by atoms with Gasteiger partial charge in [-0.15, -0.1) is 21.5 Å². The molecule has 2 atom stereocenters. The van der Waals surface area contributed by atoms with Crippen LogP contribution < -0.4 is 9.80 Å². The quantitative estimate of drug-likeness (QED) is 0.494. The minimum Gasteiger partial charge on any atom is -0.386 e. The number of anilines is 2. The number of aromatic nitrogens is 4. The molecule has 2 aromatic heterocycles. The van der Waals surface area contributed by atoms with E-state index >= 15 is 0 Å². The topological polar surface area (TPSA) is 87.5 Å². The number of aliphatic hydroxyl groups is 1. The predicted octanol–water partition coefficient (Wildman–Crippen LogP) is 3.42. The summed E-state index contributed by atoms with van der Waals surface area (Å²) in [6.07, 6.45) is 1.37. The van der Waals surface area contributed by atoms with E-state index in [9.17, 15) is 5.11 Å². The van der Waals surface area contributed by atoms with Crippen LogP contribution in [-0.4, -0.2) is 64.9 Å². The number of para-hydroxylation sites is 1. The molecule has 4 aromatic rings. The maximum Gasteiger partial charge on any atom is 0.162 e. The number of rotatable bonds is 4. The van der Waals surface area contributed by atoms with E-state index in [2.05, 4.69) is 54.5 Å². The molecule has 0 amide bonds. The van der Waals surface area contributed by atoms with E-state index in [1.807, 2.05) is 18.2 Å². The lowest BCUT2D eigenvalue weighted by Gasteiger charge is -2.35. The summed E-state index contributed by atoms with van der Waals surface area (Å²) in [5, 5.41) is 25.8. The molecule has 2 aliphatic heterocycles. The summed E-state index contributed by atoms with van der Waals surface area (Å²) >= 11 is 1.58. The number of benzene rings is 2. The van der Waals surface area contributed by atoms with Crippen LogP contribution in [0.15, 0.2) is 42.5 Å². The number of thiazole rings is 1. The maximum atomic E-state index is 11.2. The molecule has 0 unspecified atom stereocenters. The Morgan fingerprint density at radius 3 is 2.76 bits per heavy atom. The molecular formula is C24H26N6O2S. The number of hydrogen-bond acceptors (Lipinski definition) is 9. The highest BCUT2D eigenvalue weighted by atomic mass is 32.1. The van der Waals surface area contributed by atoms with Crippen molar-refractivity contribution < 1.29 is 9.84 Å². The molecule has 0 spiro atoms. The first kappa shape index (κ1) is 20.7. The molecule has 0 radical (unpaired) electrons. The van der Waals surface area contributed by atoms with Crippen molar-refractivity contribution in [1.29, 1.82) is 0 Å². The van der Waals surface area contributed by atoms with Crippen molar-refractivity contribution in [3.8, 4) is 0 Å². The minimum absolute atomic E-state index is 0.0944. The number of piperidine rings is 1. The fourth-order valence-corrected chi connectivity index (χ4v) is 5.94. The molecule has 2 fully saturated rings. The predicted molar refractivity (Wildman–Crippen MR) is 130 cm³/mol. The van der Waals surface area contributed by atoms with Gasteiger partial charge in [0.1, 0.15) is 16.6 Å². The van der Waals surface area contributed by atoms with E-state index in [1.165, 1.54) is 0 Å². The second kappa shape index (κ2) is 8.81. The first-order valence-corrected chi connectivity index (χ1v) is 12.3. The van der Waals surface area contributed by atoms with Crippen LogP contribution >= 0.6 is 11.3 Å². The Balaban J connectivity index is 1.25. The van der Waals surface area contributed by atoms with Crippen molar-refractivity contribution >= 4 is 44.0 Å². The van der Waals surface area contributed by atoms with Gasteiger partial charge in [-0.3, -0.25) is 0 Å². The summed E-state index contributed by atoms with van der Waals surface area (Å²) in [6.45, 7) is 4.87. The number of aliphatic hydroxyl groups excluding tert-OH is 1. The Morgan fingerprint density at radius 1 is 1.00 bits per heavy atom. The fourth-order valence-electron chi connectivity index (χ4n) is 4.89. The van der Waals surface area contributed by atoms with Gasteiger partial charge in [-0.2, -0.15) is 0 Å². The summed E-state index contributed by atoms with van der Waals surface area (Å²) in [6, 6.07) is 14.4. The molecular weight excluding hydrogens is 436 g/mol. The van der Waals surface area contributed by atoms with Crippen LogP contribution in [0, 0.1) is 5.92 Å². The summed E-state index contributed by atoms with van der Waals surface area (Å²) in [5.74, 6) is 0.937. The van der Waals surface area contributed by atoms with Crippen molar-refractivity contribution in [2.75, 3.05) is 49.2 Å². The number of hydrogen-bond donors (Lipinski definition) is 1. The third-order valence-electron chi connectivity index (χ3n) is 6.66. The van der Waals surface area contributed by atoms with E-state index in [0.717, 1.165) is 89.9 Å². The maximum absolute atomic E-state index is 11.2. The van der Waals surface area contributed by atoms with E-state index in [-0.39, 0.29) is 5.92 Å². The summed E-state index contributed by atoms with van der Waals surface area (Å²) < 4.78 is 6.59. The molecule has 170 valence electrons. The highest BCUT2D eigenvalue weighted by molar-refractivity contribution is 7.18. The van der Waals surface area contributed by atoms with Crippen LogP contribution in [0.5, 0.6) is 0 Å². The lowest BCUT2D eigenvalue weighted by molar-refractivity contribution is 0.0979. The summed E-state index contributed by atoms with van der Waals surface area (Å²) in [7, 11) is 0. The van der Waals surface area contributed by atoms with Gasteiger partial charge in [-0.05, 0) is 48.4 Å². The van der Waals surface area contributed by atoms with Gasteiger partial charge < -0.3 is 19.6 Å². The number of fused-ring (bicyclic) bond motifs is 2. The van der Waals surface area contributed by atoms with Gasteiger partial charge in [0, 0.05) is 43.2 Å². The first-order chi connectivity index (χ1) is 16.3. The van der Waals surface area contributed by atoms with Crippen molar-refractivity contribution in [2.45, 2.75) is 18.9 Å². The van der Waals surface area contributed by atoms with Crippen LogP contribution in [-0.2, 0) is 4.74 Å². The van der Waals surface area contributed by atoms with Gasteiger partial charge in [0.05, 0.1) is 23.4 Å². The van der Waals surface area contributed by atoms with Gasteiger partial charge in [0.15, 0.2) is 5.82 Å². The highest BCUT2D eigenvalue weighted by Gasteiger charge is 2.30. The van der Waals surface area contributed by atoms with E-state index in [1.54, 1.807) is 11.3 Å². The van der Waals surface area contributed by atoms with Gasteiger partial charge in [0.25, 0.3) is 0 Å². The normalized spacial score (nSPS) is 20.5. The summed E-state index contributed by atoms with van der Waals surface area (Å²) in [5.41, 5.74) is 2.93. The average molecular weight is 463 g/mol. The molecule has 2 aliphatic rings. The Labute approximate surface area is 195 Å². The molecule has 1 N–H and O–H groups in total. The molecule has 0 bridgehead atoms. The van der Waals surface area contributed by atoms with Crippen molar-refractivity contribution in [3.05, 3.63) is 47.5 Å². The molecule has 2 saturated heterocycles. The third kappa shape index (κ3) is 4.01. The average Bonchev–Trinajstić information content (AvgIpc) is 3.32. The smallest absolute Gasteiger partial charge is 0.162 e. The molecule has 33 heavy (non-hydrogen) atoms. The SMILES string of the molecule is O[C@@H](c1nc2ccccc2s1)[C@H]1CCCN(c2nnnc3cc(N4CCOCC4)ccc23)C1. The molecule has 0 aliphatic carbocycles. The molecule has 2 aromatic carbocycles. The second-order valence-electron chi connectivity index (χ2n) is 8.73. The molecule has 0 saturated carbocycles. The van der Waals surface area contributed by atoms with Gasteiger partial charge in [0.2, 0.25) is 0 Å². The van der Waals surface area contributed by atoms with Crippen LogP contribution in [0.3, 0.4) is 0 Å².